The van der Waals surface area contributed by atoms with Crippen LogP contribution in [0, 0.1) is 0 Å². The molecule has 2 N–H and O–H groups in total. The lowest BCUT2D eigenvalue weighted by Gasteiger charge is -2.40. The molecule has 2 aliphatic heterocycles. The van der Waals surface area contributed by atoms with Crippen LogP contribution in [0.25, 0.3) is 0 Å². The molecule has 0 aromatic rings. The maximum absolute atomic E-state index is 12.3. The van der Waals surface area contributed by atoms with Crippen LogP contribution in [0.4, 0.5) is 4.79 Å². The first-order chi connectivity index (χ1) is 9.30. The molecule has 2 saturated heterocycles. The fourth-order valence-corrected chi connectivity index (χ4v) is 3.38. The van der Waals surface area contributed by atoms with Gasteiger partial charge in [0.2, 0.25) is 0 Å². The molecule has 116 valence electrons. The van der Waals surface area contributed by atoms with E-state index in [-0.39, 0.29) is 30.8 Å². The largest absolute Gasteiger partial charge is 0.444 e. The van der Waals surface area contributed by atoms with E-state index >= 15 is 0 Å². The fraction of sp³-hybridized carbons (Fsp3) is 0.933. The first kappa shape index (κ1) is 15.6. The lowest BCUT2D eigenvalue weighted by molar-refractivity contribution is 0.00403. The molecular weight excluding hydrogens is 256 g/mol. The smallest absolute Gasteiger partial charge is 0.410 e. The second-order valence-electron chi connectivity index (χ2n) is 7.19. The van der Waals surface area contributed by atoms with E-state index in [0.717, 1.165) is 25.7 Å². The molecule has 2 bridgehead atoms. The highest BCUT2D eigenvalue weighted by atomic mass is 16.6. The molecule has 0 radical (unpaired) electrons. The fourth-order valence-electron chi connectivity index (χ4n) is 3.38. The zero-order valence-electron chi connectivity index (χ0n) is 13.1. The lowest BCUT2D eigenvalue weighted by atomic mass is 9.97. The van der Waals surface area contributed by atoms with Crippen molar-refractivity contribution in [2.45, 2.75) is 83.1 Å². The zero-order chi connectivity index (χ0) is 14.9. The summed E-state index contributed by atoms with van der Waals surface area (Å²) in [5.41, 5.74) is -0.434. The molecule has 5 heteroatoms. The Balaban J connectivity index is 1.95. The average Bonchev–Trinajstić information content (AvgIpc) is 2.59. The number of hydrogen-bond acceptors (Lipinski definition) is 4. The molecular formula is C15H28N2O3. The van der Waals surface area contributed by atoms with E-state index in [9.17, 15) is 4.79 Å². The van der Waals surface area contributed by atoms with Crippen LogP contribution in [-0.2, 0) is 4.74 Å². The minimum atomic E-state index is -0.434. The van der Waals surface area contributed by atoms with Crippen molar-refractivity contribution in [3.05, 3.63) is 0 Å². The number of amides is 1. The molecule has 0 aliphatic carbocycles. The van der Waals surface area contributed by atoms with Crippen LogP contribution in [0.15, 0.2) is 0 Å². The normalized spacial score (nSPS) is 31.2. The first-order valence-electron chi connectivity index (χ1n) is 7.68. The van der Waals surface area contributed by atoms with Gasteiger partial charge in [0.15, 0.2) is 0 Å². The number of carbonyl (C=O) groups excluding carboxylic acids is 1. The first-order valence-corrected chi connectivity index (χ1v) is 7.68. The Labute approximate surface area is 121 Å². The zero-order valence-corrected chi connectivity index (χ0v) is 13.1. The second kappa shape index (κ2) is 5.90. The van der Waals surface area contributed by atoms with E-state index in [0.29, 0.717) is 6.04 Å². The van der Waals surface area contributed by atoms with E-state index < -0.39 is 5.60 Å². The maximum atomic E-state index is 12.3. The third-order valence-electron chi connectivity index (χ3n) is 4.13. The molecule has 2 unspecified atom stereocenters. The van der Waals surface area contributed by atoms with Crippen LogP contribution in [0.2, 0.25) is 0 Å². The van der Waals surface area contributed by atoms with Crippen molar-refractivity contribution in [1.29, 1.82) is 0 Å². The van der Waals surface area contributed by atoms with Gasteiger partial charge < -0.3 is 20.1 Å². The van der Waals surface area contributed by atoms with Gasteiger partial charge in [-0.1, -0.05) is 0 Å². The number of fused-ring (bicyclic) bond motifs is 2. The summed E-state index contributed by atoms with van der Waals surface area (Å²) >= 11 is 0. The Hall–Kier alpha value is -0.810. The van der Waals surface area contributed by atoms with Crippen LogP contribution in [0.3, 0.4) is 0 Å². The SMILES string of the molecule is C[C@H](CO)NC1CC2CCC(C1)N2C(=O)OC(C)(C)C. The summed E-state index contributed by atoms with van der Waals surface area (Å²) in [6.45, 7) is 7.86. The highest BCUT2D eigenvalue weighted by Crippen LogP contribution is 2.36. The van der Waals surface area contributed by atoms with Gasteiger partial charge in [-0.05, 0) is 53.4 Å². The highest BCUT2D eigenvalue weighted by Gasteiger charge is 2.44. The van der Waals surface area contributed by atoms with Gasteiger partial charge in [-0.15, -0.1) is 0 Å². The molecule has 0 aromatic heterocycles. The van der Waals surface area contributed by atoms with Gasteiger partial charge in [0, 0.05) is 24.2 Å². The second-order valence-corrected chi connectivity index (χ2v) is 7.19. The van der Waals surface area contributed by atoms with Crippen molar-refractivity contribution in [3.8, 4) is 0 Å². The summed E-state index contributed by atoms with van der Waals surface area (Å²) < 4.78 is 5.52. The molecule has 0 saturated carbocycles. The Morgan fingerprint density at radius 2 is 1.90 bits per heavy atom. The van der Waals surface area contributed by atoms with Crippen molar-refractivity contribution in [2.75, 3.05) is 6.61 Å². The van der Waals surface area contributed by atoms with E-state index in [1.54, 1.807) is 0 Å². The summed E-state index contributed by atoms with van der Waals surface area (Å²) in [5.74, 6) is 0. The third kappa shape index (κ3) is 3.64. The molecule has 0 aromatic carbocycles. The summed E-state index contributed by atoms with van der Waals surface area (Å²) in [4.78, 5) is 14.3. The molecule has 2 heterocycles. The molecule has 3 atom stereocenters. The predicted octanol–water partition coefficient (Wildman–Crippen LogP) is 1.89. The maximum Gasteiger partial charge on any atom is 0.410 e. The summed E-state index contributed by atoms with van der Waals surface area (Å²) in [7, 11) is 0. The van der Waals surface area contributed by atoms with Crippen molar-refractivity contribution in [3.63, 3.8) is 0 Å². The predicted molar refractivity (Wildman–Crippen MR) is 77.6 cm³/mol. The monoisotopic (exact) mass is 284 g/mol. The Morgan fingerprint density at radius 1 is 1.35 bits per heavy atom. The summed E-state index contributed by atoms with van der Waals surface area (Å²) in [6.07, 6.45) is 3.88. The minimum absolute atomic E-state index is 0.118. The minimum Gasteiger partial charge on any atom is -0.444 e. The summed E-state index contributed by atoms with van der Waals surface area (Å²) in [5, 5.41) is 12.6. The van der Waals surface area contributed by atoms with E-state index in [2.05, 4.69) is 5.32 Å². The number of nitrogens with zero attached hydrogens (tertiary/aromatic N) is 1. The molecule has 5 nitrogen and oxygen atoms in total. The van der Waals surface area contributed by atoms with Crippen molar-refractivity contribution >= 4 is 6.09 Å². The van der Waals surface area contributed by atoms with Gasteiger partial charge in [-0.25, -0.2) is 4.79 Å². The quantitative estimate of drug-likeness (QED) is 0.831. The van der Waals surface area contributed by atoms with E-state index in [4.69, 9.17) is 9.84 Å². The Bertz CT molecular complexity index is 340. The standard InChI is InChI=1S/C15H28N2O3/c1-10(9-18)16-11-7-12-5-6-13(8-11)17(12)14(19)20-15(2,3)4/h10-13,16,18H,5-9H2,1-4H3/t10-,11?,12?,13?/m1/s1. The lowest BCUT2D eigenvalue weighted by Crippen LogP contribution is -2.54. The van der Waals surface area contributed by atoms with Crippen molar-refractivity contribution < 1.29 is 14.6 Å². The van der Waals surface area contributed by atoms with Crippen molar-refractivity contribution in [2.24, 2.45) is 0 Å². The number of ether oxygens (including phenoxy) is 1. The van der Waals surface area contributed by atoms with Gasteiger partial charge in [0.05, 0.1) is 6.61 Å². The van der Waals surface area contributed by atoms with Crippen LogP contribution in [0.1, 0.15) is 53.4 Å². The Kier molecular flexibility index (Phi) is 4.59. The number of hydrogen-bond donors (Lipinski definition) is 2. The van der Waals surface area contributed by atoms with Gasteiger partial charge in [0.1, 0.15) is 5.60 Å². The number of aliphatic hydroxyl groups is 1. The molecule has 2 fully saturated rings. The highest BCUT2D eigenvalue weighted by molar-refractivity contribution is 5.69. The molecule has 2 aliphatic rings. The number of carbonyl (C=O) groups is 1. The third-order valence-corrected chi connectivity index (χ3v) is 4.13. The van der Waals surface area contributed by atoms with Crippen LogP contribution in [-0.4, -0.2) is 52.5 Å². The summed E-state index contributed by atoms with van der Waals surface area (Å²) in [6, 6.07) is 1.08. The van der Waals surface area contributed by atoms with E-state index in [1.807, 2.05) is 32.6 Å². The average molecular weight is 284 g/mol. The number of piperidine rings is 1. The van der Waals surface area contributed by atoms with Gasteiger partial charge in [0.25, 0.3) is 0 Å². The van der Waals surface area contributed by atoms with Gasteiger partial charge in [-0.3, -0.25) is 0 Å². The number of nitrogens with one attached hydrogen (secondary N) is 1. The van der Waals surface area contributed by atoms with Crippen LogP contribution >= 0.6 is 0 Å². The molecule has 20 heavy (non-hydrogen) atoms. The number of aliphatic hydroxyl groups excluding tert-OH is 1. The molecule has 0 spiro atoms. The topological polar surface area (TPSA) is 61.8 Å². The van der Waals surface area contributed by atoms with Gasteiger partial charge >= 0.3 is 6.09 Å². The molecule has 2 rings (SSSR count). The van der Waals surface area contributed by atoms with E-state index in [1.165, 1.54) is 0 Å². The number of rotatable bonds is 3. The van der Waals surface area contributed by atoms with Crippen molar-refractivity contribution in [1.82, 2.24) is 10.2 Å². The molecule has 1 amide bonds. The Morgan fingerprint density at radius 3 is 2.35 bits per heavy atom. The van der Waals surface area contributed by atoms with Gasteiger partial charge in [-0.2, -0.15) is 0 Å². The van der Waals surface area contributed by atoms with Crippen LogP contribution in [0.5, 0.6) is 0 Å². The van der Waals surface area contributed by atoms with Crippen LogP contribution < -0.4 is 5.32 Å².